The van der Waals surface area contributed by atoms with Gasteiger partial charge in [-0.2, -0.15) is 0 Å². The first kappa shape index (κ1) is 17.4. The van der Waals surface area contributed by atoms with Crippen LogP contribution in [0.4, 0.5) is 11.6 Å². The molecule has 1 aliphatic rings. The molecular formula is C20H26N4O. The summed E-state index contributed by atoms with van der Waals surface area (Å²) in [5.74, 6) is 1.22. The van der Waals surface area contributed by atoms with E-state index in [0.717, 1.165) is 30.8 Å². The molecule has 1 saturated heterocycles. The minimum absolute atomic E-state index is 0.0817. The summed E-state index contributed by atoms with van der Waals surface area (Å²) >= 11 is 0. The third-order valence-electron chi connectivity index (χ3n) is 4.68. The van der Waals surface area contributed by atoms with Gasteiger partial charge in [0.15, 0.2) is 0 Å². The smallest absolute Gasteiger partial charge is 0.277 e. The van der Waals surface area contributed by atoms with E-state index in [0.29, 0.717) is 24.1 Å². The quantitative estimate of drug-likeness (QED) is 0.853. The zero-order valence-corrected chi connectivity index (χ0v) is 15.3. The summed E-state index contributed by atoms with van der Waals surface area (Å²) in [4.78, 5) is 25.9. The predicted octanol–water partition coefficient (Wildman–Crippen LogP) is 3.69. The van der Waals surface area contributed by atoms with Gasteiger partial charge in [-0.05, 0) is 56.4 Å². The van der Waals surface area contributed by atoms with Crippen molar-refractivity contribution in [3.05, 3.63) is 47.8 Å². The maximum atomic E-state index is 13.0. The number of hydrogen-bond acceptors (Lipinski definition) is 4. The van der Waals surface area contributed by atoms with Gasteiger partial charge < -0.3 is 9.80 Å². The second kappa shape index (κ2) is 7.64. The van der Waals surface area contributed by atoms with Gasteiger partial charge in [-0.15, -0.1) is 0 Å². The van der Waals surface area contributed by atoms with E-state index in [1.165, 1.54) is 6.42 Å². The summed E-state index contributed by atoms with van der Waals surface area (Å²) in [6, 6.07) is 9.69. The number of aryl methyl sites for hydroxylation is 1. The number of piperidine rings is 1. The summed E-state index contributed by atoms with van der Waals surface area (Å²) < 4.78 is 0. The normalized spacial score (nSPS) is 17.4. The van der Waals surface area contributed by atoms with Crippen LogP contribution in [0.3, 0.4) is 0 Å². The molecule has 25 heavy (non-hydrogen) atoms. The Hall–Kier alpha value is -2.43. The molecule has 0 spiro atoms. The summed E-state index contributed by atoms with van der Waals surface area (Å²) in [7, 11) is 0. The Balaban J connectivity index is 1.85. The number of rotatable bonds is 4. The number of anilines is 2. The molecule has 1 amide bonds. The standard InChI is InChI=1S/C20H26N4O/c1-4-24(17-9-5-7-15(2)13-17)19(25)18-10-11-21-20(22-18)23-12-6-8-16(3)14-23/h5,7,9-11,13,16H,4,6,8,12,14H2,1-3H3. The molecule has 5 nitrogen and oxygen atoms in total. The van der Waals surface area contributed by atoms with Crippen LogP contribution in [-0.4, -0.2) is 35.5 Å². The fraction of sp³-hybridized carbons (Fsp3) is 0.450. The molecule has 1 aromatic carbocycles. The van der Waals surface area contributed by atoms with E-state index in [2.05, 4.69) is 21.8 Å². The molecule has 1 fully saturated rings. The molecule has 0 bridgehead atoms. The van der Waals surface area contributed by atoms with Gasteiger partial charge in [0.1, 0.15) is 5.69 Å². The topological polar surface area (TPSA) is 49.3 Å². The Morgan fingerprint density at radius 2 is 2.20 bits per heavy atom. The second-order valence-electron chi connectivity index (χ2n) is 6.82. The minimum Gasteiger partial charge on any atom is -0.341 e. The molecule has 1 aliphatic heterocycles. The lowest BCUT2D eigenvalue weighted by Gasteiger charge is -2.31. The highest BCUT2D eigenvalue weighted by Gasteiger charge is 2.22. The van der Waals surface area contributed by atoms with Crippen molar-refractivity contribution in [1.29, 1.82) is 0 Å². The Labute approximate surface area is 149 Å². The molecule has 132 valence electrons. The Kier molecular flexibility index (Phi) is 5.31. The first-order valence-corrected chi connectivity index (χ1v) is 9.05. The van der Waals surface area contributed by atoms with Crippen LogP contribution in [0.15, 0.2) is 36.5 Å². The average Bonchev–Trinajstić information content (AvgIpc) is 2.62. The minimum atomic E-state index is -0.0817. The number of aromatic nitrogens is 2. The zero-order valence-electron chi connectivity index (χ0n) is 15.3. The highest BCUT2D eigenvalue weighted by atomic mass is 16.2. The highest BCUT2D eigenvalue weighted by Crippen LogP contribution is 2.21. The molecule has 5 heteroatoms. The molecule has 0 radical (unpaired) electrons. The van der Waals surface area contributed by atoms with Gasteiger partial charge in [0, 0.05) is 31.5 Å². The van der Waals surface area contributed by atoms with Gasteiger partial charge in [0.2, 0.25) is 5.95 Å². The zero-order chi connectivity index (χ0) is 17.8. The molecule has 0 aliphatic carbocycles. The van der Waals surface area contributed by atoms with Gasteiger partial charge in [0.05, 0.1) is 0 Å². The number of amides is 1. The van der Waals surface area contributed by atoms with Gasteiger partial charge in [0.25, 0.3) is 5.91 Å². The van der Waals surface area contributed by atoms with Crippen LogP contribution >= 0.6 is 0 Å². The van der Waals surface area contributed by atoms with E-state index >= 15 is 0 Å². The molecule has 3 rings (SSSR count). The molecule has 2 heterocycles. The lowest BCUT2D eigenvalue weighted by atomic mass is 10.0. The van der Waals surface area contributed by atoms with Gasteiger partial charge in [-0.1, -0.05) is 19.1 Å². The molecule has 0 saturated carbocycles. The van der Waals surface area contributed by atoms with Crippen LogP contribution in [-0.2, 0) is 0 Å². The van der Waals surface area contributed by atoms with E-state index in [4.69, 9.17) is 0 Å². The lowest BCUT2D eigenvalue weighted by molar-refractivity contribution is 0.0983. The van der Waals surface area contributed by atoms with Crippen LogP contribution in [0.5, 0.6) is 0 Å². The van der Waals surface area contributed by atoms with Crippen LogP contribution in [0.2, 0.25) is 0 Å². The summed E-state index contributed by atoms with van der Waals surface area (Å²) in [6.07, 6.45) is 4.08. The highest BCUT2D eigenvalue weighted by molar-refractivity contribution is 6.04. The number of nitrogens with zero attached hydrogens (tertiary/aromatic N) is 4. The molecule has 1 aromatic heterocycles. The lowest BCUT2D eigenvalue weighted by Crippen LogP contribution is -2.36. The van der Waals surface area contributed by atoms with Crippen LogP contribution in [0.25, 0.3) is 0 Å². The first-order valence-electron chi connectivity index (χ1n) is 9.05. The number of carbonyl (C=O) groups is 1. The fourth-order valence-electron chi connectivity index (χ4n) is 3.37. The van der Waals surface area contributed by atoms with E-state index in [1.54, 1.807) is 17.2 Å². The number of benzene rings is 1. The van der Waals surface area contributed by atoms with Crippen molar-refractivity contribution in [2.45, 2.75) is 33.6 Å². The third kappa shape index (κ3) is 3.98. The Morgan fingerprint density at radius 3 is 2.92 bits per heavy atom. The average molecular weight is 338 g/mol. The second-order valence-corrected chi connectivity index (χ2v) is 6.82. The molecule has 1 atom stereocenters. The monoisotopic (exact) mass is 338 g/mol. The predicted molar refractivity (Wildman–Crippen MR) is 101 cm³/mol. The van der Waals surface area contributed by atoms with E-state index < -0.39 is 0 Å². The number of hydrogen-bond donors (Lipinski definition) is 0. The molecule has 1 unspecified atom stereocenters. The molecule has 0 N–H and O–H groups in total. The van der Waals surface area contributed by atoms with Gasteiger partial charge >= 0.3 is 0 Å². The summed E-state index contributed by atoms with van der Waals surface area (Å²) in [5.41, 5.74) is 2.49. The molecular weight excluding hydrogens is 312 g/mol. The van der Waals surface area contributed by atoms with Crippen molar-refractivity contribution in [2.24, 2.45) is 5.92 Å². The van der Waals surface area contributed by atoms with E-state index in [1.807, 2.05) is 38.1 Å². The number of carbonyl (C=O) groups excluding carboxylic acids is 1. The Bertz CT molecular complexity index is 746. The van der Waals surface area contributed by atoms with Crippen molar-refractivity contribution >= 4 is 17.5 Å². The SMILES string of the molecule is CCN(C(=O)c1ccnc(N2CCCC(C)C2)n1)c1cccc(C)c1. The Morgan fingerprint density at radius 1 is 1.36 bits per heavy atom. The van der Waals surface area contributed by atoms with Crippen LogP contribution < -0.4 is 9.80 Å². The fourth-order valence-corrected chi connectivity index (χ4v) is 3.37. The first-order chi connectivity index (χ1) is 12.1. The van der Waals surface area contributed by atoms with Crippen molar-refractivity contribution in [2.75, 3.05) is 29.4 Å². The molecule has 2 aromatic rings. The summed E-state index contributed by atoms with van der Waals surface area (Å²) in [5, 5.41) is 0. The van der Waals surface area contributed by atoms with Gasteiger partial charge in [-0.25, -0.2) is 9.97 Å². The van der Waals surface area contributed by atoms with Crippen molar-refractivity contribution < 1.29 is 4.79 Å². The van der Waals surface area contributed by atoms with Crippen molar-refractivity contribution in [3.63, 3.8) is 0 Å². The van der Waals surface area contributed by atoms with Crippen molar-refractivity contribution in [3.8, 4) is 0 Å². The maximum absolute atomic E-state index is 13.0. The largest absolute Gasteiger partial charge is 0.341 e. The van der Waals surface area contributed by atoms with Crippen LogP contribution in [0, 0.1) is 12.8 Å². The van der Waals surface area contributed by atoms with E-state index in [-0.39, 0.29) is 5.91 Å². The summed E-state index contributed by atoms with van der Waals surface area (Å²) in [6.45, 7) is 8.77. The third-order valence-corrected chi connectivity index (χ3v) is 4.68. The van der Waals surface area contributed by atoms with Gasteiger partial charge in [-0.3, -0.25) is 4.79 Å². The van der Waals surface area contributed by atoms with E-state index in [9.17, 15) is 4.79 Å². The maximum Gasteiger partial charge on any atom is 0.277 e. The van der Waals surface area contributed by atoms with Crippen molar-refractivity contribution in [1.82, 2.24) is 9.97 Å². The van der Waals surface area contributed by atoms with Crippen LogP contribution in [0.1, 0.15) is 42.7 Å².